The Morgan fingerprint density at radius 3 is 2.65 bits per heavy atom. The van der Waals surface area contributed by atoms with Crippen LogP contribution in [0, 0.1) is 5.82 Å². The molecule has 0 aromatic heterocycles. The Kier molecular flexibility index (Phi) is 2.79. The molecular weight excluding hydrogens is 227 g/mol. The smallest absolute Gasteiger partial charge is 0.335 e. The molecule has 0 radical (unpaired) electrons. The fourth-order valence-electron chi connectivity index (χ4n) is 2.07. The molecule has 1 atom stereocenters. The molecule has 1 aliphatic rings. The second kappa shape index (κ2) is 4.00. The third-order valence-electron chi connectivity index (χ3n) is 3.23. The van der Waals surface area contributed by atoms with E-state index in [2.05, 4.69) is 4.74 Å². The lowest BCUT2D eigenvalue weighted by Gasteiger charge is -2.21. The van der Waals surface area contributed by atoms with Crippen molar-refractivity contribution >= 4 is 5.97 Å². The summed E-state index contributed by atoms with van der Waals surface area (Å²) < 4.78 is 18.2. The fourth-order valence-corrected chi connectivity index (χ4v) is 2.07. The van der Waals surface area contributed by atoms with Crippen LogP contribution < -0.4 is 0 Å². The molecule has 0 amide bonds. The lowest BCUT2D eigenvalue weighted by molar-refractivity contribution is -0.152. The van der Waals surface area contributed by atoms with E-state index in [4.69, 9.17) is 5.11 Å². The van der Waals surface area contributed by atoms with Crippen molar-refractivity contribution in [3.05, 3.63) is 29.6 Å². The largest absolute Gasteiger partial charge is 0.508 e. The lowest BCUT2D eigenvalue weighted by Crippen LogP contribution is -2.35. The SMILES string of the molecule is COC(=O)C(O)C1(c2ccc(O)cc2F)CC1. The zero-order valence-electron chi connectivity index (χ0n) is 9.31. The quantitative estimate of drug-likeness (QED) is 0.776. The lowest BCUT2D eigenvalue weighted by atomic mass is 9.89. The summed E-state index contributed by atoms with van der Waals surface area (Å²) in [6, 6.07) is 3.70. The summed E-state index contributed by atoms with van der Waals surface area (Å²) in [5.41, 5.74) is -0.654. The Morgan fingerprint density at radius 2 is 2.18 bits per heavy atom. The van der Waals surface area contributed by atoms with Gasteiger partial charge < -0.3 is 14.9 Å². The van der Waals surface area contributed by atoms with E-state index in [1.807, 2.05) is 0 Å². The van der Waals surface area contributed by atoms with E-state index in [1.54, 1.807) is 0 Å². The molecule has 1 fully saturated rings. The number of phenolic OH excluding ortho intramolecular Hbond substituents is 1. The van der Waals surface area contributed by atoms with Gasteiger partial charge in [0.1, 0.15) is 11.6 Å². The molecule has 17 heavy (non-hydrogen) atoms. The van der Waals surface area contributed by atoms with Gasteiger partial charge in [0.15, 0.2) is 6.10 Å². The number of phenols is 1. The van der Waals surface area contributed by atoms with Crippen LogP contribution in [-0.4, -0.2) is 29.4 Å². The van der Waals surface area contributed by atoms with Crippen LogP contribution in [0.4, 0.5) is 4.39 Å². The summed E-state index contributed by atoms with van der Waals surface area (Å²) in [6.07, 6.45) is -0.331. The highest BCUT2D eigenvalue weighted by atomic mass is 19.1. The number of carbonyl (C=O) groups is 1. The van der Waals surface area contributed by atoms with Crippen LogP contribution in [0.1, 0.15) is 18.4 Å². The molecule has 1 aromatic carbocycles. The van der Waals surface area contributed by atoms with E-state index in [-0.39, 0.29) is 11.3 Å². The molecule has 0 heterocycles. The minimum Gasteiger partial charge on any atom is -0.508 e. The fraction of sp³-hybridized carbons (Fsp3) is 0.417. The number of carbonyl (C=O) groups excluding carboxylic acids is 1. The average molecular weight is 240 g/mol. The van der Waals surface area contributed by atoms with Gasteiger partial charge in [-0.2, -0.15) is 0 Å². The molecule has 2 N–H and O–H groups in total. The second-order valence-corrected chi connectivity index (χ2v) is 4.25. The van der Waals surface area contributed by atoms with Crippen molar-refractivity contribution in [1.29, 1.82) is 0 Å². The Labute approximate surface area is 97.6 Å². The van der Waals surface area contributed by atoms with Crippen LogP contribution in [-0.2, 0) is 14.9 Å². The summed E-state index contributed by atoms with van der Waals surface area (Å²) in [6.45, 7) is 0. The van der Waals surface area contributed by atoms with Gasteiger partial charge in [0.05, 0.1) is 7.11 Å². The van der Waals surface area contributed by atoms with Crippen molar-refractivity contribution in [2.75, 3.05) is 7.11 Å². The van der Waals surface area contributed by atoms with Gasteiger partial charge in [-0.1, -0.05) is 6.07 Å². The molecule has 0 spiro atoms. The van der Waals surface area contributed by atoms with E-state index in [0.717, 1.165) is 6.07 Å². The number of aromatic hydroxyl groups is 1. The number of esters is 1. The zero-order chi connectivity index (χ0) is 12.6. The molecular formula is C12H13FO4. The molecule has 1 unspecified atom stereocenters. The second-order valence-electron chi connectivity index (χ2n) is 4.25. The Morgan fingerprint density at radius 1 is 1.53 bits per heavy atom. The third kappa shape index (κ3) is 1.86. The normalized spacial score (nSPS) is 18.5. The predicted octanol–water partition coefficient (Wildman–Crippen LogP) is 1.10. The summed E-state index contributed by atoms with van der Waals surface area (Å²) in [5, 5.41) is 19.0. The molecule has 4 nitrogen and oxygen atoms in total. The first-order chi connectivity index (χ1) is 8.01. The van der Waals surface area contributed by atoms with E-state index in [0.29, 0.717) is 12.8 Å². The van der Waals surface area contributed by atoms with Crippen LogP contribution in [0.25, 0.3) is 0 Å². The first-order valence-corrected chi connectivity index (χ1v) is 5.26. The number of benzene rings is 1. The standard InChI is InChI=1S/C12H13FO4/c1-17-11(16)10(15)12(4-5-12)8-3-2-7(14)6-9(8)13/h2-3,6,10,14-15H,4-5H2,1H3. The molecule has 0 saturated heterocycles. The molecule has 1 saturated carbocycles. The summed E-state index contributed by atoms with van der Waals surface area (Å²) in [7, 11) is 1.18. The highest BCUT2D eigenvalue weighted by molar-refractivity contribution is 5.77. The predicted molar refractivity (Wildman–Crippen MR) is 57.0 cm³/mol. The maximum absolute atomic E-state index is 13.7. The van der Waals surface area contributed by atoms with Gasteiger partial charge >= 0.3 is 5.97 Å². The molecule has 1 aromatic rings. The highest BCUT2D eigenvalue weighted by Crippen LogP contribution is 2.52. The highest BCUT2D eigenvalue weighted by Gasteiger charge is 2.55. The van der Waals surface area contributed by atoms with Crippen molar-refractivity contribution in [3.63, 3.8) is 0 Å². The van der Waals surface area contributed by atoms with Crippen LogP contribution in [0.15, 0.2) is 18.2 Å². The number of aliphatic hydroxyl groups excluding tert-OH is 1. The number of halogens is 1. The van der Waals surface area contributed by atoms with Crippen molar-refractivity contribution in [2.45, 2.75) is 24.4 Å². The van der Waals surface area contributed by atoms with E-state index < -0.39 is 23.3 Å². The number of hydrogen-bond donors (Lipinski definition) is 2. The average Bonchev–Trinajstić information content (AvgIpc) is 3.08. The molecule has 1 aliphatic carbocycles. The van der Waals surface area contributed by atoms with Gasteiger partial charge in [0.2, 0.25) is 0 Å². The Balaban J connectivity index is 2.36. The number of rotatable bonds is 3. The van der Waals surface area contributed by atoms with E-state index >= 15 is 0 Å². The first kappa shape index (κ1) is 11.9. The summed E-state index contributed by atoms with van der Waals surface area (Å²) in [4.78, 5) is 11.3. The minimum absolute atomic E-state index is 0.186. The van der Waals surface area contributed by atoms with Crippen molar-refractivity contribution in [2.24, 2.45) is 0 Å². The summed E-state index contributed by atoms with van der Waals surface area (Å²) in [5.74, 6) is -1.57. The molecule has 0 aliphatic heterocycles. The molecule has 2 rings (SSSR count). The van der Waals surface area contributed by atoms with Gasteiger partial charge in [0, 0.05) is 11.5 Å². The van der Waals surface area contributed by atoms with Gasteiger partial charge in [-0.3, -0.25) is 0 Å². The summed E-state index contributed by atoms with van der Waals surface area (Å²) >= 11 is 0. The number of aliphatic hydroxyl groups is 1. The maximum Gasteiger partial charge on any atom is 0.335 e. The topological polar surface area (TPSA) is 66.8 Å². The van der Waals surface area contributed by atoms with E-state index in [9.17, 15) is 14.3 Å². The molecule has 0 bridgehead atoms. The van der Waals surface area contributed by atoms with Crippen molar-refractivity contribution in [1.82, 2.24) is 0 Å². The number of methoxy groups -OCH3 is 1. The van der Waals surface area contributed by atoms with Gasteiger partial charge in [-0.25, -0.2) is 9.18 Å². The van der Waals surface area contributed by atoms with E-state index in [1.165, 1.54) is 19.2 Å². The van der Waals surface area contributed by atoms with Gasteiger partial charge in [-0.15, -0.1) is 0 Å². The Hall–Kier alpha value is -1.62. The van der Waals surface area contributed by atoms with Gasteiger partial charge in [0.25, 0.3) is 0 Å². The molecule has 92 valence electrons. The third-order valence-corrected chi connectivity index (χ3v) is 3.23. The van der Waals surface area contributed by atoms with Gasteiger partial charge in [-0.05, 0) is 24.5 Å². The Bertz CT molecular complexity index is 454. The van der Waals surface area contributed by atoms with Crippen molar-refractivity contribution < 1.29 is 24.1 Å². The molecule has 5 heteroatoms. The van der Waals surface area contributed by atoms with Crippen LogP contribution in [0.3, 0.4) is 0 Å². The zero-order valence-corrected chi connectivity index (χ0v) is 9.31. The monoisotopic (exact) mass is 240 g/mol. The van der Waals surface area contributed by atoms with Crippen molar-refractivity contribution in [3.8, 4) is 5.75 Å². The van der Waals surface area contributed by atoms with Crippen LogP contribution >= 0.6 is 0 Å². The maximum atomic E-state index is 13.7. The number of ether oxygens (including phenoxy) is 1. The minimum atomic E-state index is -1.37. The van der Waals surface area contributed by atoms with Crippen LogP contribution in [0.2, 0.25) is 0 Å². The van der Waals surface area contributed by atoms with Crippen LogP contribution in [0.5, 0.6) is 5.75 Å². The first-order valence-electron chi connectivity index (χ1n) is 5.26. The number of hydrogen-bond acceptors (Lipinski definition) is 4.